The van der Waals surface area contributed by atoms with Gasteiger partial charge in [0.1, 0.15) is 31.0 Å². The number of carbonyl (C=O) groups excluding carboxylic acids is 4. The standard InChI is InChI=1S/C23H24F3N3O6/c1-14(28-19(31)12-27-22(34)35-13-16-5-3-2-4-6-16)21(33)29-18(20(32)23(24,25)26)11-15-7-9-17(30)10-8-15/h2-10,14,18,30H,11-13H2,1H3,(H,27,34)(H,28,31)(H,29,33)/t14-,18-/m0/s1. The van der Waals surface area contributed by atoms with Crippen LogP contribution >= 0.6 is 0 Å². The fourth-order valence-electron chi connectivity index (χ4n) is 2.86. The fourth-order valence-corrected chi connectivity index (χ4v) is 2.86. The highest BCUT2D eigenvalue weighted by molar-refractivity contribution is 5.95. The Morgan fingerprint density at radius 2 is 1.57 bits per heavy atom. The molecule has 12 heteroatoms. The number of halogens is 3. The van der Waals surface area contributed by atoms with Crippen molar-refractivity contribution in [1.29, 1.82) is 0 Å². The van der Waals surface area contributed by atoms with Crippen molar-refractivity contribution in [3.63, 3.8) is 0 Å². The molecule has 0 unspecified atom stereocenters. The van der Waals surface area contributed by atoms with E-state index in [1.807, 2.05) is 5.32 Å². The largest absolute Gasteiger partial charge is 0.508 e. The summed E-state index contributed by atoms with van der Waals surface area (Å²) in [5.74, 6) is -4.13. The van der Waals surface area contributed by atoms with Gasteiger partial charge in [0.2, 0.25) is 11.8 Å². The highest BCUT2D eigenvalue weighted by Gasteiger charge is 2.44. The molecule has 3 amide bonds. The lowest BCUT2D eigenvalue weighted by atomic mass is 10.0. The van der Waals surface area contributed by atoms with Crippen molar-refractivity contribution < 1.29 is 42.2 Å². The molecule has 9 nitrogen and oxygen atoms in total. The minimum Gasteiger partial charge on any atom is -0.508 e. The molecule has 0 saturated heterocycles. The summed E-state index contributed by atoms with van der Waals surface area (Å²) >= 11 is 0. The van der Waals surface area contributed by atoms with Crippen LogP contribution in [0.2, 0.25) is 0 Å². The molecular weight excluding hydrogens is 471 g/mol. The minimum absolute atomic E-state index is 0.0250. The number of alkyl carbamates (subject to hydrolysis) is 1. The molecule has 2 rings (SSSR count). The lowest BCUT2D eigenvalue weighted by Crippen LogP contribution is -2.54. The Morgan fingerprint density at radius 1 is 0.943 bits per heavy atom. The maximum Gasteiger partial charge on any atom is 0.452 e. The van der Waals surface area contributed by atoms with E-state index in [0.29, 0.717) is 0 Å². The summed E-state index contributed by atoms with van der Waals surface area (Å²) in [6, 6.07) is 10.6. The second kappa shape index (κ2) is 12.4. The number of ether oxygens (including phenoxy) is 1. The van der Waals surface area contributed by atoms with E-state index >= 15 is 0 Å². The van der Waals surface area contributed by atoms with Crippen LogP contribution in [0.4, 0.5) is 18.0 Å². The van der Waals surface area contributed by atoms with Gasteiger partial charge in [-0.15, -0.1) is 0 Å². The molecule has 2 aromatic carbocycles. The number of phenols is 1. The highest BCUT2D eigenvalue weighted by Crippen LogP contribution is 2.20. The fraction of sp³-hybridized carbons (Fsp3) is 0.304. The van der Waals surface area contributed by atoms with Crippen LogP contribution in [0.25, 0.3) is 0 Å². The molecule has 4 N–H and O–H groups in total. The van der Waals surface area contributed by atoms with Crippen molar-refractivity contribution in [1.82, 2.24) is 16.0 Å². The third-order valence-corrected chi connectivity index (χ3v) is 4.67. The first-order valence-corrected chi connectivity index (χ1v) is 10.4. The second-order valence-corrected chi connectivity index (χ2v) is 7.50. The normalized spacial score (nSPS) is 12.7. The van der Waals surface area contributed by atoms with Crippen molar-refractivity contribution >= 4 is 23.7 Å². The molecule has 188 valence electrons. The Morgan fingerprint density at radius 3 is 2.17 bits per heavy atom. The van der Waals surface area contributed by atoms with Gasteiger partial charge in [0, 0.05) is 6.42 Å². The zero-order valence-corrected chi connectivity index (χ0v) is 18.6. The van der Waals surface area contributed by atoms with Gasteiger partial charge in [-0.25, -0.2) is 4.79 Å². The van der Waals surface area contributed by atoms with E-state index in [1.54, 1.807) is 30.3 Å². The minimum atomic E-state index is -5.20. The maximum absolute atomic E-state index is 13.0. The predicted molar refractivity (Wildman–Crippen MR) is 117 cm³/mol. The number of benzene rings is 2. The summed E-state index contributed by atoms with van der Waals surface area (Å²) < 4.78 is 44.0. The quantitative estimate of drug-likeness (QED) is 0.398. The Hall–Kier alpha value is -4.09. The van der Waals surface area contributed by atoms with Gasteiger partial charge < -0.3 is 25.8 Å². The third-order valence-electron chi connectivity index (χ3n) is 4.67. The van der Waals surface area contributed by atoms with Gasteiger partial charge in [0.05, 0.1) is 0 Å². The number of hydrogen-bond donors (Lipinski definition) is 4. The molecule has 0 spiro atoms. The van der Waals surface area contributed by atoms with Crippen LogP contribution in [0.5, 0.6) is 5.75 Å². The highest BCUT2D eigenvalue weighted by atomic mass is 19.4. The molecule has 2 atom stereocenters. The first kappa shape index (κ1) is 27.2. The lowest BCUT2D eigenvalue weighted by molar-refractivity contribution is -0.173. The Balaban J connectivity index is 1.87. The first-order chi connectivity index (χ1) is 16.5. The molecule has 2 aromatic rings. The van der Waals surface area contributed by atoms with Crippen LogP contribution < -0.4 is 16.0 Å². The zero-order valence-electron chi connectivity index (χ0n) is 18.6. The first-order valence-electron chi connectivity index (χ1n) is 10.4. The molecular formula is C23H24F3N3O6. The average Bonchev–Trinajstić information content (AvgIpc) is 2.81. The number of hydrogen-bond acceptors (Lipinski definition) is 6. The SMILES string of the molecule is C[C@H](NC(=O)CNC(=O)OCc1ccccc1)C(=O)N[C@@H](Cc1ccc(O)cc1)C(=O)C(F)(F)F. The van der Waals surface area contributed by atoms with Gasteiger partial charge >= 0.3 is 12.3 Å². The molecule has 0 aliphatic heterocycles. The molecule has 35 heavy (non-hydrogen) atoms. The van der Waals surface area contributed by atoms with Gasteiger partial charge in [-0.05, 0) is 30.2 Å². The summed E-state index contributed by atoms with van der Waals surface area (Å²) in [5, 5.41) is 15.7. The third kappa shape index (κ3) is 9.35. The van der Waals surface area contributed by atoms with E-state index in [2.05, 4.69) is 10.6 Å². The molecule has 0 aliphatic rings. The van der Waals surface area contributed by atoms with Crippen LogP contribution in [0.15, 0.2) is 54.6 Å². The number of aromatic hydroxyl groups is 1. The topological polar surface area (TPSA) is 134 Å². The number of nitrogens with one attached hydrogen (secondary N) is 3. The Labute approximate surface area is 198 Å². The smallest absolute Gasteiger partial charge is 0.452 e. The van der Waals surface area contributed by atoms with Crippen LogP contribution in [0.3, 0.4) is 0 Å². The summed E-state index contributed by atoms with van der Waals surface area (Å²) in [6.07, 6.45) is -6.57. The molecule has 0 heterocycles. The van der Waals surface area contributed by atoms with Gasteiger partial charge in [0.25, 0.3) is 5.78 Å². The molecule has 0 fully saturated rings. The van der Waals surface area contributed by atoms with Crippen LogP contribution in [-0.2, 0) is 32.1 Å². The molecule has 0 bridgehead atoms. The van der Waals surface area contributed by atoms with Gasteiger partial charge in [-0.3, -0.25) is 14.4 Å². The summed E-state index contributed by atoms with van der Waals surface area (Å²) in [5.41, 5.74) is 0.994. The van der Waals surface area contributed by atoms with Crippen molar-refractivity contribution in [2.45, 2.75) is 38.2 Å². The number of carbonyl (C=O) groups is 4. The molecule has 0 aliphatic carbocycles. The van der Waals surface area contributed by atoms with Crippen molar-refractivity contribution in [3.05, 3.63) is 65.7 Å². The van der Waals surface area contributed by atoms with Crippen LogP contribution in [0.1, 0.15) is 18.1 Å². The van der Waals surface area contributed by atoms with Gasteiger partial charge in [-0.2, -0.15) is 13.2 Å². The number of amides is 3. The number of Topliss-reactive ketones (excluding diaryl/α,β-unsaturated/α-hetero) is 1. The summed E-state index contributed by atoms with van der Waals surface area (Å²) in [6.45, 7) is 0.628. The van der Waals surface area contributed by atoms with Crippen LogP contribution in [0, 0.1) is 0 Å². The predicted octanol–water partition coefficient (Wildman–Crippen LogP) is 1.98. The van der Waals surface area contributed by atoms with Crippen LogP contribution in [-0.4, -0.2) is 53.6 Å². The number of rotatable bonds is 10. The number of ketones is 1. The summed E-state index contributed by atoms with van der Waals surface area (Å²) in [7, 11) is 0. The Bertz CT molecular complexity index is 1030. The van der Waals surface area contributed by atoms with E-state index in [-0.39, 0.29) is 17.9 Å². The number of alkyl halides is 3. The summed E-state index contributed by atoms with van der Waals surface area (Å²) in [4.78, 5) is 47.9. The van der Waals surface area contributed by atoms with Crippen molar-refractivity contribution in [2.75, 3.05) is 6.54 Å². The number of phenolic OH excluding ortho intramolecular Hbond substituents is 1. The molecule has 0 saturated carbocycles. The van der Waals surface area contributed by atoms with Crippen molar-refractivity contribution in [2.24, 2.45) is 0 Å². The average molecular weight is 495 g/mol. The monoisotopic (exact) mass is 495 g/mol. The molecule has 0 radical (unpaired) electrons. The van der Waals surface area contributed by atoms with E-state index < -0.39 is 54.9 Å². The van der Waals surface area contributed by atoms with E-state index in [4.69, 9.17) is 4.74 Å². The van der Waals surface area contributed by atoms with Gasteiger partial charge in [-0.1, -0.05) is 42.5 Å². The Kier molecular flexibility index (Phi) is 9.62. The van der Waals surface area contributed by atoms with Gasteiger partial charge in [0.15, 0.2) is 0 Å². The van der Waals surface area contributed by atoms with E-state index in [1.165, 1.54) is 31.2 Å². The molecule has 0 aromatic heterocycles. The van der Waals surface area contributed by atoms with E-state index in [9.17, 15) is 37.5 Å². The zero-order chi connectivity index (χ0) is 26.0. The maximum atomic E-state index is 13.0. The van der Waals surface area contributed by atoms with Crippen molar-refractivity contribution in [3.8, 4) is 5.75 Å². The lowest BCUT2D eigenvalue weighted by Gasteiger charge is -2.22. The van der Waals surface area contributed by atoms with E-state index in [0.717, 1.165) is 5.56 Å². The second-order valence-electron chi connectivity index (χ2n) is 7.50.